The van der Waals surface area contributed by atoms with E-state index in [9.17, 15) is 0 Å². The van der Waals surface area contributed by atoms with Gasteiger partial charge < -0.3 is 10.5 Å². The summed E-state index contributed by atoms with van der Waals surface area (Å²) in [6, 6.07) is 8.29. The van der Waals surface area contributed by atoms with E-state index in [2.05, 4.69) is 28.1 Å². The molecule has 0 aromatic heterocycles. The van der Waals surface area contributed by atoms with Gasteiger partial charge in [0.2, 0.25) is 0 Å². The van der Waals surface area contributed by atoms with Gasteiger partial charge in [-0.25, -0.2) is 0 Å². The minimum Gasteiger partial charge on any atom is -0.373 e. The molecule has 3 unspecified atom stereocenters. The molecule has 2 fully saturated rings. The monoisotopic (exact) mass is 267 g/mol. The second-order valence-corrected chi connectivity index (χ2v) is 5.49. The summed E-state index contributed by atoms with van der Waals surface area (Å²) in [5, 5.41) is 0. The number of hydrogen-bond acceptors (Lipinski definition) is 2. The first-order chi connectivity index (χ1) is 7.18. The van der Waals surface area contributed by atoms with Gasteiger partial charge in [0.15, 0.2) is 0 Å². The lowest BCUT2D eigenvalue weighted by atomic mass is 9.77. The first kappa shape index (κ1) is 9.82. The topological polar surface area (TPSA) is 35.2 Å². The fraction of sp³-hybridized carbons (Fsp3) is 0.500. The number of ether oxygens (including phenoxy) is 1. The van der Waals surface area contributed by atoms with Gasteiger partial charge in [0, 0.05) is 4.47 Å². The predicted molar refractivity (Wildman–Crippen MR) is 62.5 cm³/mol. The van der Waals surface area contributed by atoms with Crippen molar-refractivity contribution >= 4 is 15.9 Å². The Kier molecular flexibility index (Phi) is 2.16. The molecule has 1 aromatic rings. The highest BCUT2D eigenvalue weighted by Crippen LogP contribution is 2.46. The molecule has 3 heteroatoms. The predicted octanol–water partition coefficient (Wildman–Crippen LogP) is 2.55. The molecular weight excluding hydrogens is 254 g/mol. The molecule has 3 rings (SSSR count). The number of rotatable bonds is 1. The van der Waals surface area contributed by atoms with Crippen molar-refractivity contribution in [2.45, 2.75) is 37.0 Å². The molecule has 2 nitrogen and oxygen atoms in total. The maximum atomic E-state index is 6.49. The molecule has 2 heterocycles. The number of halogens is 1. The van der Waals surface area contributed by atoms with Crippen LogP contribution in [0.3, 0.4) is 0 Å². The lowest BCUT2D eigenvalue weighted by Crippen LogP contribution is -2.45. The summed E-state index contributed by atoms with van der Waals surface area (Å²) in [7, 11) is 0. The molecule has 0 spiro atoms. The summed E-state index contributed by atoms with van der Waals surface area (Å²) in [4.78, 5) is 0. The van der Waals surface area contributed by atoms with E-state index < -0.39 is 0 Å². The molecule has 0 amide bonds. The van der Waals surface area contributed by atoms with Crippen LogP contribution in [0.2, 0.25) is 0 Å². The van der Waals surface area contributed by atoms with Gasteiger partial charge in [-0.2, -0.15) is 0 Å². The normalized spacial score (nSPS) is 38.5. The molecule has 3 atom stereocenters. The van der Waals surface area contributed by atoms with Crippen LogP contribution in [0.1, 0.15) is 24.8 Å². The van der Waals surface area contributed by atoms with Crippen molar-refractivity contribution < 1.29 is 4.74 Å². The molecule has 2 aliphatic rings. The maximum Gasteiger partial charge on any atom is 0.0802 e. The van der Waals surface area contributed by atoms with Crippen molar-refractivity contribution in [3.05, 3.63) is 34.3 Å². The SMILES string of the molecule is NC1(c2cccc(Br)c2)CC2CCC1O2. The Morgan fingerprint density at radius 1 is 1.40 bits per heavy atom. The first-order valence-electron chi connectivity index (χ1n) is 5.39. The summed E-state index contributed by atoms with van der Waals surface area (Å²) in [6.07, 6.45) is 3.86. The van der Waals surface area contributed by atoms with Crippen LogP contribution in [-0.2, 0) is 10.3 Å². The van der Waals surface area contributed by atoms with Gasteiger partial charge in [0.25, 0.3) is 0 Å². The van der Waals surface area contributed by atoms with Crippen LogP contribution in [0.5, 0.6) is 0 Å². The molecule has 80 valence electrons. The Balaban J connectivity index is 2.00. The molecule has 0 radical (unpaired) electrons. The molecular formula is C12H14BrNO. The van der Waals surface area contributed by atoms with Crippen molar-refractivity contribution in [1.82, 2.24) is 0 Å². The van der Waals surface area contributed by atoms with Gasteiger partial charge in [-0.3, -0.25) is 0 Å². The van der Waals surface area contributed by atoms with Crippen LogP contribution in [0.4, 0.5) is 0 Å². The average Bonchev–Trinajstić information content (AvgIpc) is 2.78. The number of fused-ring (bicyclic) bond motifs is 2. The standard InChI is InChI=1S/C12H14BrNO/c13-9-3-1-2-8(6-9)12(14)7-10-4-5-11(12)15-10/h1-3,6,10-11H,4-5,7,14H2. The van der Waals surface area contributed by atoms with Gasteiger partial charge in [-0.05, 0) is 37.0 Å². The second kappa shape index (κ2) is 3.30. The zero-order valence-corrected chi connectivity index (χ0v) is 10.0. The highest BCUT2D eigenvalue weighted by Gasteiger charge is 2.50. The van der Waals surface area contributed by atoms with Crippen LogP contribution in [0.15, 0.2) is 28.7 Å². The van der Waals surface area contributed by atoms with Gasteiger partial charge in [0.1, 0.15) is 0 Å². The van der Waals surface area contributed by atoms with E-state index in [4.69, 9.17) is 10.5 Å². The summed E-state index contributed by atoms with van der Waals surface area (Å²) in [5.74, 6) is 0. The van der Waals surface area contributed by atoms with E-state index in [1.807, 2.05) is 12.1 Å². The van der Waals surface area contributed by atoms with Crippen molar-refractivity contribution in [3.63, 3.8) is 0 Å². The summed E-state index contributed by atoms with van der Waals surface area (Å²) in [5.41, 5.74) is 7.43. The van der Waals surface area contributed by atoms with E-state index in [1.165, 1.54) is 12.0 Å². The highest BCUT2D eigenvalue weighted by atomic mass is 79.9. The zero-order valence-electron chi connectivity index (χ0n) is 8.45. The number of nitrogens with two attached hydrogens (primary N) is 1. The minimum absolute atomic E-state index is 0.219. The quantitative estimate of drug-likeness (QED) is 0.849. The van der Waals surface area contributed by atoms with Crippen LogP contribution in [0.25, 0.3) is 0 Å². The Hall–Kier alpha value is -0.380. The van der Waals surface area contributed by atoms with Gasteiger partial charge >= 0.3 is 0 Å². The lowest BCUT2D eigenvalue weighted by Gasteiger charge is -2.31. The molecule has 2 aliphatic heterocycles. The first-order valence-corrected chi connectivity index (χ1v) is 6.18. The molecule has 0 aliphatic carbocycles. The van der Waals surface area contributed by atoms with Gasteiger partial charge in [0.05, 0.1) is 17.7 Å². The van der Waals surface area contributed by atoms with Crippen molar-refractivity contribution in [3.8, 4) is 0 Å². The van der Waals surface area contributed by atoms with E-state index >= 15 is 0 Å². The number of hydrogen-bond donors (Lipinski definition) is 1. The van der Waals surface area contributed by atoms with E-state index in [-0.39, 0.29) is 11.6 Å². The molecule has 2 N–H and O–H groups in total. The molecule has 15 heavy (non-hydrogen) atoms. The lowest BCUT2D eigenvalue weighted by molar-refractivity contribution is 0.0853. The van der Waals surface area contributed by atoms with Gasteiger partial charge in [-0.15, -0.1) is 0 Å². The average molecular weight is 268 g/mol. The van der Waals surface area contributed by atoms with Crippen LogP contribution in [0, 0.1) is 0 Å². The molecule has 2 bridgehead atoms. The van der Waals surface area contributed by atoms with E-state index in [0.717, 1.165) is 17.3 Å². The Labute approximate surface area is 97.9 Å². The van der Waals surface area contributed by atoms with E-state index in [1.54, 1.807) is 0 Å². The second-order valence-electron chi connectivity index (χ2n) is 4.58. The van der Waals surface area contributed by atoms with Gasteiger partial charge in [-0.1, -0.05) is 28.1 Å². The fourth-order valence-corrected chi connectivity index (χ4v) is 3.22. The number of benzene rings is 1. The summed E-state index contributed by atoms with van der Waals surface area (Å²) >= 11 is 3.49. The van der Waals surface area contributed by atoms with Crippen molar-refractivity contribution in [2.75, 3.05) is 0 Å². The third-order valence-corrected chi connectivity index (χ3v) is 4.10. The maximum absolute atomic E-state index is 6.49. The van der Waals surface area contributed by atoms with Crippen LogP contribution < -0.4 is 5.73 Å². The zero-order chi connectivity index (χ0) is 10.5. The molecule has 0 saturated carbocycles. The largest absolute Gasteiger partial charge is 0.373 e. The molecule has 1 aromatic carbocycles. The molecule has 2 saturated heterocycles. The summed E-state index contributed by atoms with van der Waals surface area (Å²) in [6.45, 7) is 0. The third kappa shape index (κ3) is 1.45. The Morgan fingerprint density at radius 2 is 2.27 bits per heavy atom. The van der Waals surface area contributed by atoms with Crippen molar-refractivity contribution in [2.24, 2.45) is 5.73 Å². The smallest absolute Gasteiger partial charge is 0.0802 e. The van der Waals surface area contributed by atoms with Crippen LogP contribution in [-0.4, -0.2) is 12.2 Å². The van der Waals surface area contributed by atoms with Crippen LogP contribution >= 0.6 is 15.9 Å². The highest BCUT2D eigenvalue weighted by molar-refractivity contribution is 9.10. The third-order valence-electron chi connectivity index (χ3n) is 3.61. The minimum atomic E-state index is -0.257. The fourth-order valence-electron chi connectivity index (χ4n) is 2.82. The summed E-state index contributed by atoms with van der Waals surface area (Å²) < 4.78 is 6.93. The van der Waals surface area contributed by atoms with E-state index in [0.29, 0.717) is 6.10 Å². The Bertz CT molecular complexity index is 395. The van der Waals surface area contributed by atoms with Crippen molar-refractivity contribution in [1.29, 1.82) is 0 Å². The Morgan fingerprint density at radius 3 is 2.87 bits per heavy atom.